The van der Waals surface area contributed by atoms with E-state index in [-0.39, 0.29) is 5.78 Å². The van der Waals surface area contributed by atoms with E-state index in [9.17, 15) is 18.0 Å². The van der Waals surface area contributed by atoms with E-state index >= 15 is 0 Å². The molecule has 1 aromatic heterocycles. The lowest BCUT2D eigenvalue weighted by molar-refractivity contribution is -0.137. The van der Waals surface area contributed by atoms with Crippen LogP contribution in [0.4, 0.5) is 19.0 Å². The number of nitrogens with zero attached hydrogens (tertiary/aromatic N) is 3. The van der Waals surface area contributed by atoms with Crippen LogP contribution in [-0.4, -0.2) is 49.0 Å². The van der Waals surface area contributed by atoms with E-state index in [2.05, 4.69) is 9.88 Å². The second-order valence-electron chi connectivity index (χ2n) is 6.75. The predicted molar refractivity (Wildman–Crippen MR) is 99.7 cm³/mol. The summed E-state index contributed by atoms with van der Waals surface area (Å²) in [5.41, 5.74) is 0.840. The molecule has 8 heteroatoms. The molecule has 3 rings (SSSR count). The van der Waals surface area contributed by atoms with Crippen LogP contribution in [0.2, 0.25) is 0 Å². The molecule has 1 fully saturated rings. The first kappa shape index (κ1) is 20.1. The Hall–Kier alpha value is -2.61. The van der Waals surface area contributed by atoms with Gasteiger partial charge in [0.2, 0.25) is 0 Å². The number of rotatable bonds is 5. The summed E-state index contributed by atoms with van der Waals surface area (Å²) in [4.78, 5) is 19.8. The number of ether oxygens (including phenoxy) is 1. The van der Waals surface area contributed by atoms with Gasteiger partial charge in [0.25, 0.3) is 0 Å². The van der Waals surface area contributed by atoms with Crippen molar-refractivity contribution in [2.45, 2.75) is 19.6 Å². The van der Waals surface area contributed by atoms with Crippen LogP contribution in [0.25, 0.3) is 0 Å². The maximum Gasteiger partial charge on any atom is 0.417 e. The van der Waals surface area contributed by atoms with Crippen molar-refractivity contribution in [1.82, 2.24) is 9.88 Å². The minimum absolute atomic E-state index is 0.00194. The van der Waals surface area contributed by atoms with Crippen LogP contribution in [-0.2, 0) is 12.7 Å². The van der Waals surface area contributed by atoms with Crippen molar-refractivity contribution in [3.8, 4) is 5.75 Å². The summed E-state index contributed by atoms with van der Waals surface area (Å²) in [7, 11) is 1.60. The van der Waals surface area contributed by atoms with Gasteiger partial charge in [-0.05, 0) is 37.3 Å². The largest absolute Gasteiger partial charge is 0.496 e. The van der Waals surface area contributed by atoms with E-state index in [0.717, 1.165) is 36.7 Å². The number of anilines is 1. The Morgan fingerprint density at radius 3 is 2.39 bits per heavy atom. The Balaban J connectivity index is 1.63. The van der Waals surface area contributed by atoms with Gasteiger partial charge in [-0.1, -0.05) is 0 Å². The minimum atomic E-state index is -4.38. The van der Waals surface area contributed by atoms with Gasteiger partial charge in [-0.3, -0.25) is 9.69 Å². The van der Waals surface area contributed by atoms with E-state index in [0.29, 0.717) is 31.0 Å². The highest BCUT2D eigenvalue weighted by atomic mass is 19.4. The third-order valence-electron chi connectivity index (χ3n) is 4.85. The second kappa shape index (κ2) is 8.18. The number of hydrogen-bond donors (Lipinski definition) is 0. The Labute approximate surface area is 161 Å². The molecule has 5 nitrogen and oxygen atoms in total. The lowest BCUT2D eigenvalue weighted by Gasteiger charge is -2.35. The number of Topliss-reactive ketones (excluding diaryl/α,β-unsaturated/α-hetero) is 1. The van der Waals surface area contributed by atoms with Crippen molar-refractivity contribution in [3.05, 3.63) is 53.2 Å². The third-order valence-corrected chi connectivity index (χ3v) is 4.85. The number of benzene rings is 1. The summed E-state index contributed by atoms with van der Waals surface area (Å²) < 4.78 is 43.4. The first-order chi connectivity index (χ1) is 13.3. The zero-order valence-corrected chi connectivity index (χ0v) is 15.8. The monoisotopic (exact) mass is 393 g/mol. The molecule has 0 bridgehead atoms. The van der Waals surface area contributed by atoms with Crippen molar-refractivity contribution >= 4 is 11.6 Å². The molecule has 0 atom stereocenters. The topological polar surface area (TPSA) is 45.7 Å². The number of carbonyl (C=O) groups is 1. The van der Waals surface area contributed by atoms with Gasteiger partial charge in [-0.2, -0.15) is 13.2 Å². The van der Waals surface area contributed by atoms with Gasteiger partial charge < -0.3 is 9.64 Å². The molecule has 150 valence electrons. The highest BCUT2D eigenvalue weighted by Gasteiger charge is 2.31. The minimum Gasteiger partial charge on any atom is -0.496 e. The normalized spacial score (nSPS) is 15.5. The number of pyridine rings is 1. The molecule has 0 amide bonds. The van der Waals surface area contributed by atoms with E-state index < -0.39 is 11.7 Å². The summed E-state index contributed by atoms with van der Waals surface area (Å²) in [6.45, 7) is 4.95. The summed E-state index contributed by atoms with van der Waals surface area (Å²) in [5.74, 6) is 1.28. The number of ketones is 1. The lowest BCUT2D eigenvalue weighted by atomic mass is 10.1. The predicted octanol–water partition coefficient (Wildman–Crippen LogP) is 3.63. The van der Waals surface area contributed by atoms with Crippen LogP contribution in [0.1, 0.15) is 28.4 Å². The van der Waals surface area contributed by atoms with Gasteiger partial charge in [0, 0.05) is 50.0 Å². The molecule has 0 aliphatic carbocycles. The van der Waals surface area contributed by atoms with E-state index in [4.69, 9.17) is 4.74 Å². The first-order valence-electron chi connectivity index (χ1n) is 8.96. The quantitative estimate of drug-likeness (QED) is 0.726. The van der Waals surface area contributed by atoms with Crippen LogP contribution >= 0.6 is 0 Å². The fraction of sp³-hybridized carbons (Fsp3) is 0.400. The van der Waals surface area contributed by atoms with Gasteiger partial charge in [0.05, 0.1) is 12.7 Å². The summed E-state index contributed by atoms with van der Waals surface area (Å²) in [6.07, 6.45) is -3.50. The zero-order chi connectivity index (χ0) is 20.3. The average molecular weight is 393 g/mol. The Morgan fingerprint density at radius 2 is 1.86 bits per heavy atom. The van der Waals surface area contributed by atoms with Crippen LogP contribution < -0.4 is 9.64 Å². The van der Waals surface area contributed by atoms with Crippen molar-refractivity contribution in [1.29, 1.82) is 0 Å². The molecule has 0 spiro atoms. The molecule has 2 aromatic rings. The van der Waals surface area contributed by atoms with Crippen LogP contribution in [0.15, 0.2) is 36.5 Å². The molecule has 1 aliphatic rings. The summed E-state index contributed by atoms with van der Waals surface area (Å²) >= 11 is 0. The van der Waals surface area contributed by atoms with Gasteiger partial charge >= 0.3 is 6.18 Å². The van der Waals surface area contributed by atoms with Crippen molar-refractivity contribution in [3.63, 3.8) is 0 Å². The number of methoxy groups -OCH3 is 1. The maximum absolute atomic E-state index is 12.7. The van der Waals surface area contributed by atoms with Crippen molar-refractivity contribution < 1.29 is 22.7 Å². The number of halogens is 3. The Kier molecular flexibility index (Phi) is 5.88. The van der Waals surface area contributed by atoms with E-state index in [1.807, 2.05) is 11.0 Å². The van der Waals surface area contributed by atoms with Crippen molar-refractivity contribution in [2.75, 3.05) is 38.2 Å². The van der Waals surface area contributed by atoms with Crippen LogP contribution in [0.5, 0.6) is 5.75 Å². The second-order valence-corrected chi connectivity index (χ2v) is 6.75. The molecule has 1 saturated heterocycles. The molecule has 2 heterocycles. The van der Waals surface area contributed by atoms with Gasteiger partial charge in [-0.15, -0.1) is 0 Å². The van der Waals surface area contributed by atoms with E-state index in [1.165, 1.54) is 13.0 Å². The zero-order valence-electron chi connectivity index (χ0n) is 15.8. The number of aromatic nitrogens is 1. The third kappa shape index (κ3) is 4.62. The number of hydrogen-bond acceptors (Lipinski definition) is 5. The van der Waals surface area contributed by atoms with Gasteiger partial charge in [0.1, 0.15) is 11.6 Å². The first-order valence-corrected chi connectivity index (χ1v) is 8.96. The Bertz CT molecular complexity index is 830. The smallest absolute Gasteiger partial charge is 0.417 e. The van der Waals surface area contributed by atoms with Gasteiger partial charge in [-0.25, -0.2) is 4.98 Å². The fourth-order valence-electron chi connectivity index (χ4n) is 3.24. The summed E-state index contributed by atoms with van der Waals surface area (Å²) in [5, 5.41) is 0. The van der Waals surface area contributed by atoms with Crippen LogP contribution in [0, 0.1) is 0 Å². The standard InChI is InChI=1S/C20H22F3N3O2/c1-14(27)15-3-5-18(28-2)16(11-15)13-25-7-9-26(10-8-25)19-6-4-17(12-24-19)20(21,22)23/h3-6,11-12H,7-10,13H2,1-2H3. The molecule has 0 saturated carbocycles. The molecule has 28 heavy (non-hydrogen) atoms. The Morgan fingerprint density at radius 1 is 1.14 bits per heavy atom. The molecule has 0 radical (unpaired) electrons. The molecular formula is C20H22F3N3O2. The SMILES string of the molecule is COc1ccc(C(C)=O)cc1CN1CCN(c2ccc(C(F)(F)F)cn2)CC1. The number of piperazine rings is 1. The molecular weight excluding hydrogens is 371 g/mol. The molecule has 1 aromatic carbocycles. The molecule has 0 N–H and O–H groups in total. The highest BCUT2D eigenvalue weighted by molar-refractivity contribution is 5.94. The van der Waals surface area contributed by atoms with E-state index in [1.54, 1.807) is 19.2 Å². The fourth-order valence-corrected chi connectivity index (χ4v) is 3.24. The number of carbonyl (C=O) groups excluding carboxylic acids is 1. The number of alkyl halides is 3. The molecule has 1 aliphatic heterocycles. The molecule has 0 unspecified atom stereocenters. The average Bonchev–Trinajstić information content (AvgIpc) is 2.68. The van der Waals surface area contributed by atoms with Gasteiger partial charge in [0.15, 0.2) is 5.78 Å². The lowest BCUT2D eigenvalue weighted by Crippen LogP contribution is -2.46. The maximum atomic E-state index is 12.7. The van der Waals surface area contributed by atoms with Crippen molar-refractivity contribution in [2.24, 2.45) is 0 Å². The summed E-state index contributed by atoms with van der Waals surface area (Å²) in [6, 6.07) is 7.88. The highest BCUT2D eigenvalue weighted by Crippen LogP contribution is 2.29. The van der Waals surface area contributed by atoms with Crippen LogP contribution in [0.3, 0.4) is 0 Å².